The van der Waals surface area contributed by atoms with E-state index >= 15 is 0 Å². The summed E-state index contributed by atoms with van der Waals surface area (Å²) < 4.78 is 5.62. The van der Waals surface area contributed by atoms with Crippen LogP contribution in [0, 0.1) is 13.8 Å². The van der Waals surface area contributed by atoms with Gasteiger partial charge in [-0.25, -0.2) is 0 Å². The normalized spacial score (nSPS) is 15.5. The molecule has 0 N–H and O–H groups in total. The van der Waals surface area contributed by atoms with Gasteiger partial charge in [0.15, 0.2) is 5.76 Å². The Balaban J connectivity index is 1.97. The lowest BCUT2D eigenvalue weighted by molar-refractivity contribution is 0.101. The predicted octanol–water partition coefficient (Wildman–Crippen LogP) is 3.92. The zero-order valence-corrected chi connectivity index (χ0v) is 10.9. The molecule has 1 heterocycles. The number of allylic oxidation sites excluding steroid dienone is 1. The van der Waals surface area contributed by atoms with E-state index in [-0.39, 0.29) is 5.78 Å². The van der Waals surface area contributed by atoms with Crippen LogP contribution in [0.1, 0.15) is 27.0 Å². The Hall–Kier alpha value is -2.35. The van der Waals surface area contributed by atoms with Gasteiger partial charge in [-0.2, -0.15) is 0 Å². The lowest BCUT2D eigenvalue weighted by atomic mass is 10.1. The molecular weight excluding hydrogens is 236 g/mol. The molecule has 1 aliphatic rings. The molecule has 0 aliphatic carbocycles. The van der Waals surface area contributed by atoms with Crippen molar-refractivity contribution in [2.24, 2.45) is 0 Å². The maximum Gasteiger partial charge on any atom is 0.231 e. The van der Waals surface area contributed by atoms with Crippen LogP contribution in [-0.4, -0.2) is 5.78 Å². The molecule has 1 aliphatic heterocycles. The Morgan fingerprint density at radius 1 is 0.947 bits per heavy atom. The third kappa shape index (κ3) is 2.17. The monoisotopic (exact) mass is 250 g/mol. The van der Waals surface area contributed by atoms with E-state index in [4.69, 9.17) is 4.74 Å². The lowest BCUT2D eigenvalue weighted by Crippen LogP contribution is -1.98. The van der Waals surface area contributed by atoms with Crippen molar-refractivity contribution in [3.8, 4) is 5.75 Å². The Morgan fingerprint density at radius 2 is 1.63 bits per heavy atom. The second-order valence-electron chi connectivity index (χ2n) is 4.85. The van der Waals surface area contributed by atoms with E-state index in [1.165, 1.54) is 5.56 Å². The molecule has 0 amide bonds. The van der Waals surface area contributed by atoms with Crippen molar-refractivity contribution in [1.82, 2.24) is 0 Å². The highest BCUT2D eigenvalue weighted by molar-refractivity contribution is 6.14. The molecule has 0 bridgehead atoms. The van der Waals surface area contributed by atoms with E-state index in [2.05, 4.69) is 0 Å². The standard InChI is InChI=1S/C17H14O2/c1-11-3-6-13(7-4-11)10-16-17(18)14-9-12(2)5-8-15(14)19-16/h3-10H,1-2H3/b16-10+. The summed E-state index contributed by atoms with van der Waals surface area (Å²) in [5, 5.41) is 0. The summed E-state index contributed by atoms with van der Waals surface area (Å²) in [5.41, 5.74) is 3.88. The largest absolute Gasteiger partial charge is 0.452 e. The number of ketones is 1. The summed E-state index contributed by atoms with van der Waals surface area (Å²) >= 11 is 0. The van der Waals surface area contributed by atoms with Crippen LogP contribution in [0.3, 0.4) is 0 Å². The fourth-order valence-corrected chi connectivity index (χ4v) is 2.12. The highest BCUT2D eigenvalue weighted by atomic mass is 16.5. The first-order chi connectivity index (χ1) is 9.13. The van der Waals surface area contributed by atoms with Gasteiger partial charge < -0.3 is 4.74 Å². The molecule has 2 aromatic rings. The maximum atomic E-state index is 12.2. The molecule has 0 saturated carbocycles. The van der Waals surface area contributed by atoms with E-state index in [1.807, 2.05) is 56.3 Å². The van der Waals surface area contributed by atoms with Gasteiger partial charge in [-0.1, -0.05) is 41.5 Å². The number of carbonyl (C=O) groups is 1. The first kappa shape index (κ1) is 11.7. The lowest BCUT2D eigenvalue weighted by Gasteiger charge is -1.99. The Morgan fingerprint density at radius 3 is 2.37 bits per heavy atom. The van der Waals surface area contributed by atoms with Gasteiger partial charge >= 0.3 is 0 Å². The molecule has 0 spiro atoms. The maximum absolute atomic E-state index is 12.2. The van der Waals surface area contributed by atoms with Crippen LogP contribution < -0.4 is 4.74 Å². The average Bonchev–Trinajstić information content (AvgIpc) is 2.70. The molecule has 0 aromatic heterocycles. The number of aryl methyl sites for hydroxylation is 2. The summed E-state index contributed by atoms with van der Waals surface area (Å²) in [7, 11) is 0. The molecule has 0 unspecified atom stereocenters. The number of hydrogen-bond acceptors (Lipinski definition) is 2. The van der Waals surface area contributed by atoms with Crippen LogP contribution in [0.4, 0.5) is 0 Å². The van der Waals surface area contributed by atoms with Crippen LogP contribution in [0.5, 0.6) is 5.75 Å². The quantitative estimate of drug-likeness (QED) is 0.717. The van der Waals surface area contributed by atoms with Gasteiger partial charge in [0.05, 0.1) is 5.56 Å². The zero-order valence-electron chi connectivity index (χ0n) is 10.9. The van der Waals surface area contributed by atoms with Crippen molar-refractivity contribution in [2.75, 3.05) is 0 Å². The van der Waals surface area contributed by atoms with Crippen molar-refractivity contribution < 1.29 is 9.53 Å². The smallest absolute Gasteiger partial charge is 0.231 e. The van der Waals surface area contributed by atoms with Gasteiger partial charge in [0.25, 0.3) is 0 Å². The SMILES string of the molecule is Cc1ccc(/C=C2/Oc3ccc(C)cc3C2=O)cc1. The summed E-state index contributed by atoms with van der Waals surface area (Å²) in [6.45, 7) is 4.00. The molecule has 19 heavy (non-hydrogen) atoms. The predicted molar refractivity (Wildman–Crippen MR) is 75.3 cm³/mol. The van der Waals surface area contributed by atoms with Gasteiger partial charge in [-0.3, -0.25) is 4.79 Å². The number of benzene rings is 2. The number of ether oxygens (including phenoxy) is 1. The summed E-state index contributed by atoms with van der Waals surface area (Å²) in [4.78, 5) is 12.2. The Bertz CT molecular complexity index is 679. The molecule has 2 aromatic carbocycles. The van der Waals surface area contributed by atoms with E-state index < -0.39 is 0 Å². The number of fused-ring (bicyclic) bond motifs is 1. The van der Waals surface area contributed by atoms with E-state index in [9.17, 15) is 4.79 Å². The van der Waals surface area contributed by atoms with Crippen LogP contribution >= 0.6 is 0 Å². The highest BCUT2D eigenvalue weighted by Crippen LogP contribution is 2.32. The van der Waals surface area contributed by atoms with Crippen LogP contribution in [-0.2, 0) is 0 Å². The van der Waals surface area contributed by atoms with Gasteiger partial charge in [0.1, 0.15) is 5.75 Å². The minimum absolute atomic E-state index is 0.0423. The van der Waals surface area contributed by atoms with Crippen molar-refractivity contribution in [3.63, 3.8) is 0 Å². The summed E-state index contributed by atoms with van der Waals surface area (Å²) in [5.74, 6) is 0.998. The summed E-state index contributed by atoms with van der Waals surface area (Å²) in [6, 6.07) is 13.7. The van der Waals surface area contributed by atoms with Gasteiger partial charge in [-0.15, -0.1) is 0 Å². The summed E-state index contributed by atoms with van der Waals surface area (Å²) in [6.07, 6.45) is 1.79. The third-order valence-corrected chi connectivity index (χ3v) is 3.20. The Labute approximate surface area is 112 Å². The van der Waals surface area contributed by atoms with Crippen molar-refractivity contribution in [3.05, 3.63) is 70.5 Å². The molecule has 0 fully saturated rings. The number of Topliss-reactive ketones (excluding diaryl/α,β-unsaturated/α-hetero) is 1. The second-order valence-corrected chi connectivity index (χ2v) is 4.85. The number of hydrogen-bond donors (Lipinski definition) is 0. The zero-order chi connectivity index (χ0) is 13.4. The Kier molecular flexibility index (Phi) is 2.71. The van der Waals surface area contributed by atoms with Crippen LogP contribution in [0.15, 0.2) is 48.2 Å². The molecule has 3 rings (SSSR count). The van der Waals surface area contributed by atoms with Crippen LogP contribution in [0.2, 0.25) is 0 Å². The first-order valence-corrected chi connectivity index (χ1v) is 6.25. The molecule has 2 heteroatoms. The topological polar surface area (TPSA) is 26.3 Å². The number of rotatable bonds is 1. The van der Waals surface area contributed by atoms with Crippen molar-refractivity contribution in [1.29, 1.82) is 0 Å². The first-order valence-electron chi connectivity index (χ1n) is 6.25. The van der Waals surface area contributed by atoms with E-state index in [1.54, 1.807) is 6.08 Å². The average molecular weight is 250 g/mol. The second kappa shape index (κ2) is 4.39. The molecule has 0 saturated heterocycles. The molecule has 94 valence electrons. The van der Waals surface area contributed by atoms with Crippen LogP contribution in [0.25, 0.3) is 6.08 Å². The van der Waals surface area contributed by atoms with E-state index in [0.29, 0.717) is 17.1 Å². The van der Waals surface area contributed by atoms with Crippen molar-refractivity contribution >= 4 is 11.9 Å². The fourth-order valence-electron chi connectivity index (χ4n) is 2.12. The minimum atomic E-state index is -0.0423. The number of carbonyl (C=O) groups excluding carboxylic acids is 1. The fraction of sp³-hybridized carbons (Fsp3) is 0.118. The highest BCUT2D eigenvalue weighted by Gasteiger charge is 2.26. The molecule has 2 nitrogen and oxygen atoms in total. The van der Waals surface area contributed by atoms with Crippen molar-refractivity contribution in [2.45, 2.75) is 13.8 Å². The molecular formula is C17H14O2. The van der Waals surface area contributed by atoms with Gasteiger partial charge in [0.2, 0.25) is 5.78 Å². The minimum Gasteiger partial charge on any atom is -0.452 e. The van der Waals surface area contributed by atoms with E-state index in [0.717, 1.165) is 11.1 Å². The third-order valence-electron chi connectivity index (χ3n) is 3.20. The van der Waals surface area contributed by atoms with Gasteiger partial charge in [0, 0.05) is 0 Å². The molecule has 0 radical (unpaired) electrons. The van der Waals surface area contributed by atoms with Gasteiger partial charge in [-0.05, 0) is 37.6 Å². The molecule has 0 atom stereocenters.